The van der Waals surface area contributed by atoms with Gasteiger partial charge in [-0.05, 0) is 48.9 Å². The van der Waals surface area contributed by atoms with Crippen LogP contribution in [0.5, 0.6) is 0 Å². The maximum atomic E-state index is 13.2. The molecule has 0 bridgehead atoms. The number of carbonyl (C=O) groups is 2. The molecular formula is C24H23ClN2O2S. The molecule has 0 aliphatic heterocycles. The van der Waals surface area contributed by atoms with E-state index in [1.54, 1.807) is 29.2 Å². The molecule has 0 aliphatic rings. The second kappa shape index (κ2) is 10.9. The van der Waals surface area contributed by atoms with Crippen molar-refractivity contribution in [3.63, 3.8) is 0 Å². The van der Waals surface area contributed by atoms with Crippen LogP contribution in [0.2, 0.25) is 5.02 Å². The highest BCUT2D eigenvalue weighted by molar-refractivity contribution is 8.01. The first-order chi connectivity index (χ1) is 14.5. The number of thioether (sulfide) groups is 1. The van der Waals surface area contributed by atoms with Gasteiger partial charge in [-0.15, -0.1) is 11.8 Å². The molecule has 0 aliphatic carbocycles. The van der Waals surface area contributed by atoms with E-state index in [1.165, 1.54) is 11.8 Å². The molecule has 2 amide bonds. The first-order valence-corrected chi connectivity index (χ1v) is 11.0. The van der Waals surface area contributed by atoms with Gasteiger partial charge in [0.15, 0.2) is 0 Å². The number of nitrogens with one attached hydrogen (secondary N) is 1. The van der Waals surface area contributed by atoms with Gasteiger partial charge in [0.05, 0.1) is 17.5 Å². The van der Waals surface area contributed by atoms with Crippen LogP contribution in [0.3, 0.4) is 0 Å². The summed E-state index contributed by atoms with van der Waals surface area (Å²) in [5, 5.41) is 3.06. The van der Waals surface area contributed by atoms with E-state index < -0.39 is 0 Å². The van der Waals surface area contributed by atoms with Crippen molar-refractivity contribution in [3.05, 3.63) is 95.5 Å². The van der Waals surface area contributed by atoms with Gasteiger partial charge < -0.3 is 10.2 Å². The topological polar surface area (TPSA) is 49.4 Å². The summed E-state index contributed by atoms with van der Waals surface area (Å²) in [5.74, 6) is -0.00520. The Bertz CT molecular complexity index is 966. The molecule has 0 spiro atoms. The molecule has 3 aromatic rings. The average molecular weight is 439 g/mol. The van der Waals surface area contributed by atoms with Crippen molar-refractivity contribution in [3.8, 4) is 0 Å². The average Bonchev–Trinajstić information content (AvgIpc) is 2.78. The lowest BCUT2D eigenvalue weighted by Crippen LogP contribution is -2.36. The zero-order chi connectivity index (χ0) is 21.3. The number of para-hydroxylation sites is 1. The van der Waals surface area contributed by atoms with E-state index in [2.05, 4.69) is 5.32 Å². The third-order valence-electron chi connectivity index (χ3n) is 4.46. The first kappa shape index (κ1) is 21.9. The van der Waals surface area contributed by atoms with Gasteiger partial charge in [0.25, 0.3) is 0 Å². The summed E-state index contributed by atoms with van der Waals surface area (Å²) < 4.78 is 0. The van der Waals surface area contributed by atoms with Gasteiger partial charge in [-0.25, -0.2) is 0 Å². The summed E-state index contributed by atoms with van der Waals surface area (Å²) in [6.45, 7) is 2.31. The number of nitrogens with zero attached hydrogens (tertiary/aromatic N) is 1. The van der Waals surface area contributed by atoms with Crippen LogP contribution < -0.4 is 10.2 Å². The fourth-order valence-electron chi connectivity index (χ4n) is 2.89. The van der Waals surface area contributed by atoms with Gasteiger partial charge in [-0.3, -0.25) is 9.59 Å². The van der Waals surface area contributed by atoms with Crippen LogP contribution >= 0.6 is 23.4 Å². The quantitative estimate of drug-likeness (QED) is 0.495. The second-order valence-corrected chi connectivity index (χ2v) is 8.52. The molecule has 0 fully saturated rings. The first-order valence-electron chi connectivity index (χ1n) is 9.60. The minimum Gasteiger partial charge on any atom is -0.325 e. The van der Waals surface area contributed by atoms with Crippen molar-refractivity contribution in [1.82, 2.24) is 0 Å². The summed E-state index contributed by atoms with van der Waals surface area (Å²) in [6.07, 6.45) is 0. The molecule has 0 aromatic heterocycles. The number of hydrogen-bond acceptors (Lipinski definition) is 3. The smallest absolute Gasteiger partial charge is 0.240 e. The summed E-state index contributed by atoms with van der Waals surface area (Å²) in [6, 6.07) is 26.4. The SMILES string of the molecule is CC(SCC(=O)Nc1ccc(Cl)cc1)C(=O)N(Cc1ccccc1)c1ccccc1. The van der Waals surface area contributed by atoms with Gasteiger partial charge in [-0.2, -0.15) is 0 Å². The Morgan fingerprint density at radius 3 is 2.17 bits per heavy atom. The van der Waals surface area contributed by atoms with Crippen molar-refractivity contribution >= 4 is 46.6 Å². The lowest BCUT2D eigenvalue weighted by atomic mass is 10.2. The van der Waals surface area contributed by atoms with Crippen LogP contribution in [-0.4, -0.2) is 22.8 Å². The highest BCUT2D eigenvalue weighted by atomic mass is 35.5. The van der Waals surface area contributed by atoms with Gasteiger partial charge in [0.1, 0.15) is 0 Å². The third-order valence-corrected chi connectivity index (χ3v) is 5.84. The molecule has 30 heavy (non-hydrogen) atoms. The maximum Gasteiger partial charge on any atom is 0.240 e. The molecule has 6 heteroatoms. The van der Waals surface area contributed by atoms with Gasteiger partial charge in [0, 0.05) is 16.4 Å². The molecule has 3 aromatic carbocycles. The fourth-order valence-corrected chi connectivity index (χ4v) is 3.76. The Morgan fingerprint density at radius 2 is 1.53 bits per heavy atom. The normalized spacial score (nSPS) is 11.5. The van der Waals surface area contributed by atoms with E-state index in [0.717, 1.165) is 11.3 Å². The molecule has 0 radical (unpaired) electrons. The van der Waals surface area contributed by atoms with E-state index in [0.29, 0.717) is 17.3 Å². The monoisotopic (exact) mass is 438 g/mol. The Labute approximate surface area is 186 Å². The van der Waals surface area contributed by atoms with Crippen molar-refractivity contribution < 1.29 is 9.59 Å². The van der Waals surface area contributed by atoms with Crippen molar-refractivity contribution in [2.75, 3.05) is 16.0 Å². The number of anilines is 2. The Balaban J connectivity index is 1.63. The molecule has 3 rings (SSSR count). The van der Waals surface area contributed by atoms with Crippen molar-refractivity contribution in [2.24, 2.45) is 0 Å². The third kappa shape index (κ3) is 6.37. The zero-order valence-corrected chi connectivity index (χ0v) is 18.2. The molecule has 4 nitrogen and oxygen atoms in total. The number of benzene rings is 3. The molecule has 0 heterocycles. The molecular weight excluding hydrogens is 416 g/mol. The molecule has 1 atom stereocenters. The summed E-state index contributed by atoms with van der Waals surface area (Å²) in [7, 11) is 0. The van der Waals surface area contributed by atoms with Gasteiger partial charge in [0.2, 0.25) is 11.8 Å². The van der Waals surface area contributed by atoms with Crippen LogP contribution in [0.4, 0.5) is 11.4 Å². The number of amides is 2. The Morgan fingerprint density at radius 1 is 0.933 bits per heavy atom. The van der Waals surface area contributed by atoms with Gasteiger partial charge >= 0.3 is 0 Å². The van der Waals surface area contributed by atoms with Gasteiger partial charge in [-0.1, -0.05) is 60.1 Å². The zero-order valence-electron chi connectivity index (χ0n) is 16.6. The summed E-state index contributed by atoms with van der Waals surface area (Å²) in [5.41, 5.74) is 2.57. The Hall–Kier alpha value is -2.76. The van der Waals surface area contributed by atoms with Crippen LogP contribution in [0.1, 0.15) is 12.5 Å². The summed E-state index contributed by atoms with van der Waals surface area (Å²) in [4.78, 5) is 27.2. The molecule has 0 saturated carbocycles. The maximum absolute atomic E-state index is 13.2. The molecule has 1 unspecified atom stereocenters. The number of rotatable bonds is 8. The van der Waals surface area contributed by atoms with E-state index in [1.807, 2.05) is 67.6 Å². The highest BCUT2D eigenvalue weighted by Crippen LogP contribution is 2.22. The lowest BCUT2D eigenvalue weighted by Gasteiger charge is -2.26. The molecule has 0 saturated heterocycles. The summed E-state index contributed by atoms with van der Waals surface area (Å²) >= 11 is 7.18. The van der Waals surface area contributed by atoms with Crippen LogP contribution in [0, 0.1) is 0 Å². The largest absolute Gasteiger partial charge is 0.325 e. The van der Waals surface area contributed by atoms with E-state index in [4.69, 9.17) is 11.6 Å². The highest BCUT2D eigenvalue weighted by Gasteiger charge is 2.23. The van der Waals surface area contributed by atoms with Crippen molar-refractivity contribution in [1.29, 1.82) is 0 Å². The lowest BCUT2D eigenvalue weighted by molar-refractivity contribution is -0.118. The number of carbonyl (C=O) groups excluding carboxylic acids is 2. The fraction of sp³-hybridized carbons (Fsp3) is 0.167. The minimum absolute atomic E-state index is 0.0330. The van der Waals surface area contributed by atoms with E-state index >= 15 is 0 Å². The standard InChI is InChI=1S/C24H23ClN2O2S/c1-18(30-17-23(28)26-21-14-12-20(25)13-15-21)24(29)27(22-10-6-3-7-11-22)16-19-8-4-2-5-9-19/h2-15,18H,16-17H2,1H3,(H,26,28). The van der Waals surface area contributed by atoms with Crippen LogP contribution in [-0.2, 0) is 16.1 Å². The molecule has 154 valence electrons. The van der Waals surface area contributed by atoms with Crippen molar-refractivity contribution in [2.45, 2.75) is 18.7 Å². The second-order valence-electron chi connectivity index (χ2n) is 6.75. The number of hydrogen-bond donors (Lipinski definition) is 1. The molecule has 1 N–H and O–H groups in total. The predicted molar refractivity (Wildman–Crippen MR) is 126 cm³/mol. The van der Waals surface area contributed by atoms with E-state index in [9.17, 15) is 9.59 Å². The minimum atomic E-state index is -0.370. The number of halogens is 1. The van der Waals surface area contributed by atoms with Crippen LogP contribution in [0.15, 0.2) is 84.9 Å². The van der Waals surface area contributed by atoms with Crippen LogP contribution in [0.25, 0.3) is 0 Å². The predicted octanol–water partition coefficient (Wildman–Crippen LogP) is 5.63. The van der Waals surface area contributed by atoms with E-state index in [-0.39, 0.29) is 22.8 Å². The Kier molecular flexibility index (Phi) is 7.94.